The number of carboxylic acid groups (broad SMARTS) is 2. The number of hydrogen-bond donors (Lipinski definition) is 2. The summed E-state index contributed by atoms with van der Waals surface area (Å²) in [6, 6.07) is 0. The van der Waals surface area contributed by atoms with Crippen molar-refractivity contribution in [3.8, 4) is 0 Å². The molecule has 0 saturated carbocycles. The van der Waals surface area contributed by atoms with E-state index in [2.05, 4.69) is 9.47 Å². The zero-order chi connectivity index (χ0) is 8.15. The molecule has 0 rings (SSSR count). The van der Waals surface area contributed by atoms with Crippen LogP contribution in [0.3, 0.4) is 0 Å². The second-order valence-electron chi connectivity index (χ2n) is 0.986. The van der Waals surface area contributed by atoms with Gasteiger partial charge in [0.15, 0.2) is 0 Å². The molecular weight excluding hydrogens is 338 g/mol. The zero-order valence-corrected chi connectivity index (χ0v) is 7.55. The Morgan fingerprint density at radius 2 is 1.00 bits per heavy atom. The summed E-state index contributed by atoms with van der Waals surface area (Å²) in [4.78, 5) is 28.8. The molecule has 0 heterocycles. The Kier molecular flexibility index (Phi) is 36.4. The van der Waals surface area contributed by atoms with Gasteiger partial charge in [0.1, 0.15) is 0 Å². The predicted octanol–water partition coefficient (Wildman–Crippen LogP) is -1.34. The number of hydrogen-bond acceptors (Lipinski definition) is 5. The summed E-state index contributed by atoms with van der Waals surface area (Å²) < 4.78 is 6.47. The van der Waals surface area contributed by atoms with Gasteiger partial charge < -0.3 is 19.7 Å². The standard InChI is InChI=1S/C3H2O7.2Ca.2Mn.4H/c4-1(5)9-3(8)10-2(6)7;;;;;;;;/h(H,4,5)(H,6,7);;;;;;;;. The second kappa shape index (κ2) is 17.2. The van der Waals surface area contributed by atoms with Crippen molar-refractivity contribution in [3.05, 3.63) is 0 Å². The minimum absolute atomic E-state index is 0. The molecule has 0 aromatic rings. The van der Waals surface area contributed by atoms with Crippen molar-refractivity contribution in [2.24, 2.45) is 0 Å². The van der Waals surface area contributed by atoms with Gasteiger partial charge in [0.05, 0.1) is 0 Å². The molecule has 0 atom stereocenters. The van der Waals surface area contributed by atoms with Gasteiger partial charge in [0.2, 0.25) is 0 Å². The molecule has 0 aromatic carbocycles. The second-order valence-corrected chi connectivity index (χ2v) is 0.986. The first-order valence-electron chi connectivity index (χ1n) is 1.88. The van der Waals surface area contributed by atoms with Crippen LogP contribution in [0.25, 0.3) is 0 Å². The van der Waals surface area contributed by atoms with Crippen LogP contribution >= 0.6 is 0 Å². The van der Waals surface area contributed by atoms with Gasteiger partial charge in [-0.15, -0.1) is 0 Å². The van der Waals surface area contributed by atoms with Crippen LogP contribution in [0.2, 0.25) is 0 Å². The molecule has 0 aromatic heterocycles. The van der Waals surface area contributed by atoms with Crippen LogP contribution < -0.4 is 0 Å². The fraction of sp³-hybridized carbons (Fsp3) is 0. The summed E-state index contributed by atoms with van der Waals surface area (Å²) in [5, 5.41) is 15.4. The Morgan fingerprint density at radius 3 is 1.14 bits per heavy atom. The summed E-state index contributed by atoms with van der Waals surface area (Å²) in [5.41, 5.74) is 0. The van der Waals surface area contributed by atoms with E-state index in [0.29, 0.717) is 0 Å². The number of carbonyl (C=O) groups excluding carboxylic acids is 1. The van der Waals surface area contributed by atoms with Gasteiger partial charge in [-0.3, -0.25) is 0 Å². The summed E-state index contributed by atoms with van der Waals surface area (Å²) in [6.07, 6.45) is -5.64. The molecule has 0 bridgehead atoms. The SMILES string of the molecule is O=C(O)OC(=O)OC(=O)O.[CaH2].[CaH2].[Mn].[Mn]. The van der Waals surface area contributed by atoms with Crippen molar-refractivity contribution in [3.63, 3.8) is 0 Å². The average Bonchev–Trinajstić information content (AvgIpc) is 1.58. The van der Waals surface area contributed by atoms with Crippen LogP contribution in [-0.4, -0.2) is 104 Å². The smallest absolute Gasteiger partial charge is 0 e. The molecule has 0 aliphatic carbocycles. The van der Waals surface area contributed by atoms with E-state index in [1.165, 1.54) is 0 Å². The van der Waals surface area contributed by atoms with E-state index >= 15 is 0 Å². The molecule has 2 radical (unpaired) electrons. The van der Waals surface area contributed by atoms with Gasteiger partial charge >= 0.3 is 93.9 Å². The van der Waals surface area contributed by atoms with Gasteiger partial charge in [-0.05, 0) is 0 Å². The molecule has 0 fully saturated rings. The topological polar surface area (TPSA) is 110 Å². The molecule has 0 amide bonds. The van der Waals surface area contributed by atoms with Crippen LogP contribution in [-0.2, 0) is 43.6 Å². The Labute approximate surface area is 159 Å². The largest absolute Gasteiger partial charge is 0 e. The van der Waals surface area contributed by atoms with E-state index < -0.39 is 18.5 Å². The fourth-order valence-electron chi connectivity index (χ4n) is 0.163. The number of ether oxygens (including phenoxy) is 2. The zero-order valence-electron chi connectivity index (χ0n) is 5.19. The van der Waals surface area contributed by atoms with E-state index in [-0.39, 0.29) is 110 Å². The van der Waals surface area contributed by atoms with Gasteiger partial charge in [-0.2, -0.15) is 0 Å². The van der Waals surface area contributed by atoms with Gasteiger partial charge in [0, 0.05) is 34.1 Å². The quantitative estimate of drug-likeness (QED) is 0.318. The Morgan fingerprint density at radius 1 is 0.786 bits per heavy atom. The molecule has 0 saturated heterocycles. The normalized spacial score (nSPS) is 5.71. The number of carbonyl (C=O) groups is 3. The minimum Gasteiger partial charge on any atom is 0 e. The fourth-order valence-corrected chi connectivity index (χ4v) is 0.163. The maximum atomic E-state index is 9.86. The first-order valence-corrected chi connectivity index (χ1v) is 1.88. The average molecular weight is 344 g/mol. The molecule has 78 valence electrons. The van der Waals surface area contributed by atoms with Crippen molar-refractivity contribution < 1.29 is 68.2 Å². The van der Waals surface area contributed by atoms with E-state index in [1.54, 1.807) is 0 Å². The van der Waals surface area contributed by atoms with Crippen molar-refractivity contribution >= 4 is 93.9 Å². The third kappa shape index (κ3) is 23.5. The van der Waals surface area contributed by atoms with Crippen molar-refractivity contribution in [1.29, 1.82) is 0 Å². The van der Waals surface area contributed by atoms with Crippen LogP contribution in [0.4, 0.5) is 14.4 Å². The molecule has 0 spiro atoms. The molecule has 0 aliphatic rings. The molecule has 2 N–H and O–H groups in total. The summed E-state index contributed by atoms with van der Waals surface area (Å²) in [7, 11) is 0. The monoisotopic (exact) mass is 344 g/mol. The molecule has 11 heteroatoms. The van der Waals surface area contributed by atoms with Crippen LogP contribution in [0.5, 0.6) is 0 Å². The summed E-state index contributed by atoms with van der Waals surface area (Å²) in [5.74, 6) is 0. The Bertz CT molecular complexity index is 168. The van der Waals surface area contributed by atoms with E-state index in [0.717, 1.165) is 0 Å². The summed E-state index contributed by atoms with van der Waals surface area (Å²) >= 11 is 0. The van der Waals surface area contributed by atoms with Crippen LogP contribution in [0.1, 0.15) is 0 Å². The van der Waals surface area contributed by atoms with Gasteiger partial charge in [-0.1, -0.05) is 0 Å². The maximum Gasteiger partial charge on any atom is 0 e. The molecule has 14 heavy (non-hydrogen) atoms. The first kappa shape index (κ1) is 29.7. The minimum atomic E-state index is -1.92. The van der Waals surface area contributed by atoms with Crippen LogP contribution in [0, 0.1) is 0 Å². The van der Waals surface area contributed by atoms with Gasteiger partial charge in [0.25, 0.3) is 0 Å². The third-order valence-corrected chi connectivity index (χ3v) is 0.341. The van der Waals surface area contributed by atoms with E-state index in [9.17, 15) is 14.4 Å². The van der Waals surface area contributed by atoms with Gasteiger partial charge in [-0.25, -0.2) is 14.4 Å². The molecule has 0 aliphatic heterocycles. The third-order valence-electron chi connectivity index (χ3n) is 0.341. The molecular formula is C3H6Ca2Mn2O7. The Hall–Kier alpha value is 1.77. The summed E-state index contributed by atoms with van der Waals surface area (Å²) in [6.45, 7) is 0. The van der Waals surface area contributed by atoms with Crippen LogP contribution in [0.15, 0.2) is 0 Å². The molecule has 0 unspecified atom stereocenters. The maximum absolute atomic E-state index is 9.86. The molecule has 7 nitrogen and oxygen atoms in total. The van der Waals surface area contributed by atoms with Crippen molar-refractivity contribution in [2.75, 3.05) is 0 Å². The number of rotatable bonds is 0. The van der Waals surface area contributed by atoms with E-state index in [4.69, 9.17) is 10.2 Å². The first-order chi connectivity index (χ1) is 4.52. The van der Waals surface area contributed by atoms with Crippen molar-refractivity contribution in [2.45, 2.75) is 0 Å². The van der Waals surface area contributed by atoms with Crippen molar-refractivity contribution in [1.82, 2.24) is 0 Å². The predicted molar refractivity (Wildman–Crippen MR) is 40.7 cm³/mol. The Balaban J connectivity index is -0.0000000675. The van der Waals surface area contributed by atoms with E-state index in [1.807, 2.05) is 0 Å².